The van der Waals surface area contributed by atoms with Crippen LogP contribution in [0.2, 0.25) is 0 Å². The van der Waals surface area contributed by atoms with E-state index in [0.29, 0.717) is 12.5 Å². The molecule has 0 saturated heterocycles. The second-order valence-electron chi connectivity index (χ2n) is 5.44. The lowest BCUT2D eigenvalue weighted by Crippen LogP contribution is -2.35. The molecule has 1 atom stereocenters. The van der Waals surface area contributed by atoms with Crippen molar-refractivity contribution in [2.24, 2.45) is 0 Å². The van der Waals surface area contributed by atoms with Gasteiger partial charge in [-0.15, -0.1) is 0 Å². The molecule has 0 aliphatic rings. The Morgan fingerprint density at radius 1 is 1.15 bits per heavy atom. The fourth-order valence-electron chi connectivity index (χ4n) is 2.30. The van der Waals surface area contributed by atoms with Gasteiger partial charge in [0.1, 0.15) is 0 Å². The summed E-state index contributed by atoms with van der Waals surface area (Å²) in [5, 5.41) is 3.14. The summed E-state index contributed by atoms with van der Waals surface area (Å²) in [7, 11) is 0. The summed E-state index contributed by atoms with van der Waals surface area (Å²) in [6, 6.07) is 7.82. The minimum Gasteiger partial charge on any atom is -0.399 e. The van der Waals surface area contributed by atoms with E-state index in [9.17, 15) is 4.79 Å². The van der Waals surface area contributed by atoms with Crippen molar-refractivity contribution in [3.8, 4) is 0 Å². The molecule has 112 valence electrons. The number of rotatable bonds is 9. The molecular formula is C17H28N2O. The van der Waals surface area contributed by atoms with E-state index >= 15 is 0 Å². The van der Waals surface area contributed by atoms with Crippen molar-refractivity contribution in [2.45, 2.75) is 64.8 Å². The molecule has 0 saturated carbocycles. The van der Waals surface area contributed by atoms with E-state index < -0.39 is 0 Å². The SMILES string of the molecule is CCCCCCC(CC)NC(=O)Cc1ccc(N)cc1. The molecule has 0 aliphatic carbocycles. The van der Waals surface area contributed by atoms with E-state index in [2.05, 4.69) is 19.2 Å². The van der Waals surface area contributed by atoms with Crippen molar-refractivity contribution in [2.75, 3.05) is 5.73 Å². The van der Waals surface area contributed by atoms with E-state index in [1.165, 1.54) is 25.7 Å². The van der Waals surface area contributed by atoms with Crippen LogP contribution in [-0.4, -0.2) is 11.9 Å². The number of nitrogen functional groups attached to an aromatic ring is 1. The summed E-state index contributed by atoms with van der Waals surface area (Å²) in [4.78, 5) is 12.0. The lowest BCUT2D eigenvalue weighted by molar-refractivity contribution is -0.121. The Balaban J connectivity index is 2.33. The van der Waals surface area contributed by atoms with Crippen LogP contribution < -0.4 is 11.1 Å². The molecule has 0 fully saturated rings. The second kappa shape index (κ2) is 9.40. The van der Waals surface area contributed by atoms with Crippen LogP contribution in [0.4, 0.5) is 5.69 Å². The molecule has 3 heteroatoms. The van der Waals surface area contributed by atoms with Gasteiger partial charge in [0.05, 0.1) is 6.42 Å². The molecule has 1 amide bonds. The molecule has 1 aromatic carbocycles. The summed E-state index contributed by atoms with van der Waals surface area (Å²) in [6.45, 7) is 4.35. The first-order valence-corrected chi connectivity index (χ1v) is 7.79. The highest BCUT2D eigenvalue weighted by atomic mass is 16.1. The highest BCUT2D eigenvalue weighted by molar-refractivity contribution is 5.78. The third-order valence-electron chi connectivity index (χ3n) is 3.61. The largest absolute Gasteiger partial charge is 0.399 e. The summed E-state index contributed by atoms with van der Waals surface area (Å²) in [5.74, 6) is 0.108. The molecule has 0 radical (unpaired) electrons. The maximum Gasteiger partial charge on any atom is 0.224 e. The number of nitrogens with two attached hydrogens (primary N) is 1. The van der Waals surface area contributed by atoms with Crippen LogP contribution in [0, 0.1) is 0 Å². The van der Waals surface area contributed by atoms with E-state index in [1.807, 2.05) is 24.3 Å². The topological polar surface area (TPSA) is 55.1 Å². The number of hydrogen-bond donors (Lipinski definition) is 2. The molecular weight excluding hydrogens is 248 g/mol. The van der Waals surface area contributed by atoms with Gasteiger partial charge in [0, 0.05) is 11.7 Å². The van der Waals surface area contributed by atoms with Gasteiger partial charge < -0.3 is 11.1 Å². The van der Waals surface area contributed by atoms with Crippen molar-refractivity contribution in [1.82, 2.24) is 5.32 Å². The van der Waals surface area contributed by atoms with E-state index in [0.717, 1.165) is 24.1 Å². The molecule has 3 nitrogen and oxygen atoms in total. The number of carbonyl (C=O) groups excluding carboxylic acids is 1. The number of unbranched alkanes of at least 4 members (excludes halogenated alkanes) is 3. The Hall–Kier alpha value is -1.51. The first-order chi connectivity index (χ1) is 9.65. The summed E-state index contributed by atoms with van der Waals surface area (Å²) < 4.78 is 0. The summed E-state index contributed by atoms with van der Waals surface area (Å²) in [5.41, 5.74) is 7.38. The van der Waals surface area contributed by atoms with E-state index in [4.69, 9.17) is 5.73 Å². The fraction of sp³-hybridized carbons (Fsp3) is 0.588. The van der Waals surface area contributed by atoms with Crippen LogP contribution in [0.3, 0.4) is 0 Å². The van der Waals surface area contributed by atoms with Crippen molar-refractivity contribution in [3.63, 3.8) is 0 Å². The highest BCUT2D eigenvalue weighted by Crippen LogP contribution is 2.09. The Bertz CT molecular complexity index is 386. The van der Waals surface area contributed by atoms with Crippen LogP contribution >= 0.6 is 0 Å². The van der Waals surface area contributed by atoms with Crippen LogP contribution in [0.5, 0.6) is 0 Å². The Labute approximate surface area is 122 Å². The van der Waals surface area contributed by atoms with Gasteiger partial charge in [-0.1, -0.05) is 51.7 Å². The summed E-state index contributed by atoms with van der Waals surface area (Å²) >= 11 is 0. The Kier molecular flexibility index (Phi) is 7.78. The maximum absolute atomic E-state index is 12.0. The van der Waals surface area contributed by atoms with Gasteiger partial charge in [0.2, 0.25) is 5.91 Å². The van der Waals surface area contributed by atoms with Gasteiger partial charge in [-0.2, -0.15) is 0 Å². The van der Waals surface area contributed by atoms with Gasteiger partial charge >= 0.3 is 0 Å². The van der Waals surface area contributed by atoms with Gasteiger partial charge in [0.25, 0.3) is 0 Å². The molecule has 0 heterocycles. The van der Waals surface area contributed by atoms with Crippen LogP contribution in [-0.2, 0) is 11.2 Å². The van der Waals surface area contributed by atoms with Gasteiger partial charge in [0.15, 0.2) is 0 Å². The summed E-state index contributed by atoms with van der Waals surface area (Å²) in [6.07, 6.45) is 7.53. The molecule has 0 bridgehead atoms. The average molecular weight is 276 g/mol. The van der Waals surface area contributed by atoms with Gasteiger partial charge in [-0.3, -0.25) is 4.79 Å². The third kappa shape index (κ3) is 6.60. The number of carbonyl (C=O) groups is 1. The second-order valence-corrected chi connectivity index (χ2v) is 5.44. The zero-order valence-corrected chi connectivity index (χ0v) is 12.8. The third-order valence-corrected chi connectivity index (χ3v) is 3.61. The number of amides is 1. The molecule has 1 unspecified atom stereocenters. The molecule has 20 heavy (non-hydrogen) atoms. The Morgan fingerprint density at radius 2 is 1.85 bits per heavy atom. The number of anilines is 1. The monoisotopic (exact) mass is 276 g/mol. The molecule has 0 aliphatic heterocycles. The predicted octanol–water partition coefficient (Wildman–Crippen LogP) is 3.68. The minimum atomic E-state index is 0.108. The molecule has 1 rings (SSSR count). The fourth-order valence-corrected chi connectivity index (χ4v) is 2.30. The zero-order chi connectivity index (χ0) is 14.8. The van der Waals surface area contributed by atoms with E-state index in [1.54, 1.807) is 0 Å². The van der Waals surface area contributed by atoms with Crippen LogP contribution in [0.1, 0.15) is 57.9 Å². The Morgan fingerprint density at radius 3 is 2.45 bits per heavy atom. The zero-order valence-electron chi connectivity index (χ0n) is 12.8. The van der Waals surface area contributed by atoms with Crippen LogP contribution in [0.15, 0.2) is 24.3 Å². The highest BCUT2D eigenvalue weighted by Gasteiger charge is 2.10. The normalized spacial score (nSPS) is 12.1. The lowest BCUT2D eigenvalue weighted by Gasteiger charge is -2.17. The predicted molar refractivity (Wildman–Crippen MR) is 85.5 cm³/mol. The molecule has 0 spiro atoms. The molecule has 3 N–H and O–H groups in total. The maximum atomic E-state index is 12.0. The lowest BCUT2D eigenvalue weighted by atomic mass is 10.0. The smallest absolute Gasteiger partial charge is 0.224 e. The number of nitrogens with one attached hydrogen (secondary N) is 1. The number of hydrogen-bond acceptors (Lipinski definition) is 2. The average Bonchev–Trinajstić information content (AvgIpc) is 2.44. The molecule has 0 aromatic heterocycles. The standard InChI is InChI=1S/C17H28N2O/c1-3-5-6-7-8-16(4-2)19-17(20)13-14-9-11-15(18)12-10-14/h9-12,16H,3-8,13,18H2,1-2H3,(H,19,20). The van der Waals surface area contributed by atoms with Crippen molar-refractivity contribution < 1.29 is 4.79 Å². The van der Waals surface area contributed by atoms with E-state index in [-0.39, 0.29) is 5.91 Å². The molecule has 1 aromatic rings. The first kappa shape index (κ1) is 16.5. The van der Waals surface area contributed by atoms with Gasteiger partial charge in [-0.05, 0) is 30.5 Å². The van der Waals surface area contributed by atoms with Gasteiger partial charge in [-0.25, -0.2) is 0 Å². The van der Waals surface area contributed by atoms with Crippen LogP contribution in [0.25, 0.3) is 0 Å². The van der Waals surface area contributed by atoms with Crippen molar-refractivity contribution >= 4 is 11.6 Å². The number of benzene rings is 1. The first-order valence-electron chi connectivity index (χ1n) is 7.79. The van der Waals surface area contributed by atoms with Crippen molar-refractivity contribution in [1.29, 1.82) is 0 Å². The quantitative estimate of drug-likeness (QED) is 0.534. The van der Waals surface area contributed by atoms with Crippen molar-refractivity contribution in [3.05, 3.63) is 29.8 Å². The minimum absolute atomic E-state index is 0.108.